The standard InChI is InChI=1S/C12H13N4/c1-12(2,3)11-14-10-6-8(7-13)4-5-9(10)15-16-11/h4-6,15H,1-3H3. The molecule has 1 aromatic rings. The van der Waals surface area contributed by atoms with Crippen molar-refractivity contribution in [3.8, 4) is 6.07 Å². The average Bonchev–Trinajstić information content (AvgIpc) is 2.26. The van der Waals surface area contributed by atoms with Crippen LogP contribution in [0.3, 0.4) is 0 Å². The molecule has 16 heavy (non-hydrogen) atoms. The largest absolute Gasteiger partial charge is 0.275 e. The topological polar surface area (TPSA) is 62.3 Å². The van der Waals surface area contributed by atoms with Gasteiger partial charge in [-0.1, -0.05) is 20.8 Å². The van der Waals surface area contributed by atoms with Crippen molar-refractivity contribution in [1.29, 1.82) is 5.26 Å². The van der Waals surface area contributed by atoms with Gasteiger partial charge in [0, 0.05) is 5.41 Å². The van der Waals surface area contributed by atoms with Crippen molar-refractivity contribution in [2.24, 2.45) is 10.4 Å². The third-order valence-corrected chi connectivity index (χ3v) is 2.31. The van der Waals surface area contributed by atoms with Crippen LogP contribution in [0.5, 0.6) is 0 Å². The van der Waals surface area contributed by atoms with Gasteiger partial charge in [0.25, 0.3) is 0 Å². The van der Waals surface area contributed by atoms with E-state index in [1.54, 1.807) is 12.1 Å². The van der Waals surface area contributed by atoms with E-state index in [1.165, 1.54) is 0 Å². The fourth-order valence-corrected chi connectivity index (χ4v) is 1.38. The van der Waals surface area contributed by atoms with Crippen LogP contribution in [0.25, 0.3) is 0 Å². The Morgan fingerprint density at radius 2 is 2.06 bits per heavy atom. The minimum absolute atomic E-state index is 0.104. The molecule has 1 radical (unpaired) electrons. The molecule has 1 aromatic carbocycles. The van der Waals surface area contributed by atoms with Crippen LogP contribution in [0.15, 0.2) is 23.2 Å². The van der Waals surface area contributed by atoms with Gasteiger partial charge >= 0.3 is 0 Å². The van der Waals surface area contributed by atoms with Crippen LogP contribution in [-0.2, 0) is 0 Å². The number of nitriles is 1. The van der Waals surface area contributed by atoms with Crippen LogP contribution in [0.2, 0.25) is 0 Å². The molecule has 1 heterocycles. The quantitative estimate of drug-likeness (QED) is 0.720. The van der Waals surface area contributed by atoms with Gasteiger partial charge in [-0.2, -0.15) is 10.7 Å². The molecule has 1 N–H and O–H groups in total. The Labute approximate surface area is 95.0 Å². The van der Waals surface area contributed by atoms with Gasteiger partial charge in [-0.3, -0.25) is 5.43 Å². The second-order valence-electron chi connectivity index (χ2n) is 4.75. The van der Waals surface area contributed by atoms with Crippen molar-refractivity contribution in [1.82, 2.24) is 5.43 Å². The number of nitrogens with zero attached hydrogens (tertiary/aromatic N) is 3. The molecule has 81 valence electrons. The summed E-state index contributed by atoms with van der Waals surface area (Å²) >= 11 is 0. The molecular formula is C12H13N4. The van der Waals surface area contributed by atoms with Crippen molar-refractivity contribution in [2.45, 2.75) is 20.8 Å². The van der Waals surface area contributed by atoms with Crippen LogP contribution in [0.1, 0.15) is 26.3 Å². The van der Waals surface area contributed by atoms with Gasteiger partial charge in [0.1, 0.15) is 0 Å². The first kappa shape index (κ1) is 10.5. The van der Waals surface area contributed by atoms with E-state index in [9.17, 15) is 0 Å². The summed E-state index contributed by atoms with van der Waals surface area (Å²) in [5.41, 5.74) is 9.29. The SMILES string of the molecule is CC(C)(C)C1=Nc2cc(C#N)ccc2N[N]1. The highest BCUT2D eigenvalue weighted by Crippen LogP contribution is 2.31. The van der Waals surface area contributed by atoms with Crippen LogP contribution in [0.4, 0.5) is 11.4 Å². The zero-order valence-electron chi connectivity index (χ0n) is 9.57. The molecule has 0 aromatic heterocycles. The third kappa shape index (κ3) is 1.84. The number of fused-ring (bicyclic) bond motifs is 1. The van der Waals surface area contributed by atoms with E-state index in [0.29, 0.717) is 5.56 Å². The number of amidine groups is 1. The molecule has 4 nitrogen and oxygen atoms in total. The van der Waals surface area contributed by atoms with Crippen molar-refractivity contribution >= 4 is 17.2 Å². The second kappa shape index (κ2) is 3.53. The zero-order valence-corrected chi connectivity index (χ0v) is 9.57. The first-order chi connectivity index (χ1) is 7.50. The summed E-state index contributed by atoms with van der Waals surface area (Å²) in [6, 6.07) is 7.44. The Morgan fingerprint density at radius 3 is 2.69 bits per heavy atom. The average molecular weight is 213 g/mol. The van der Waals surface area contributed by atoms with Gasteiger partial charge in [-0.25, -0.2) is 4.99 Å². The van der Waals surface area contributed by atoms with Crippen LogP contribution >= 0.6 is 0 Å². The molecule has 0 saturated heterocycles. The Hall–Kier alpha value is -2.02. The zero-order chi connectivity index (χ0) is 11.8. The van der Waals surface area contributed by atoms with Crippen molar-refractivity contribution < 1.29 is 0 Å². The normalized spacial score (nSPS) is 14.0. The van der Waals surface area contributed by atoms with Crippen LogP contribution in [-0.4, -0.2) is 5.84 Å². The van der Waals surface area contributed by atoms with Gasteiger partial charge in [-0.15, -0.1) is 0 Å². The van der Waals surface area contributed by atoms with Gasteiger partial charge in [-0.05, 0) is 18.2 Å². The molecule has 0 fully saturated rings. The maximum atomic E-state index is 8.82. The lowest BCUT2D eigenvalue weighted by Gasteiger charge is -2.25. The summed E-state index contributed by atoms with van der Waals surface area (Å²) in [6.07, 6.45) is 0. The lowest BCUT2D eigenvalue weighted by molar-refractivity contribution is 0.568. The molecule has 4 heteroatoms. The van der Waals surface area contributed by atoms with E-state index in [1.807, 2.05) is 6.07 Å². The summed E-state index contributed by atoms with van der Waals surface area (Å²) in [5, 5.41) is 8.82. The molecule has 2 rings (SSSR count). The molecule has 0 atom stereocenters. The molecule has 0 aliphatic carbocycles. The maximum Gasteiger partial charge on any atom is 0.154 e. The molecule has 0 bridgehead atoms. The summed E-state index contributed by atoms with van der Waals surface area (Å²) in [5.74, 6) is 0.745. The van der Waals surface area contributed by atoms with Crippen LogP contribution < -0.4 is 10.9 Å². The van der Waals surface area contributed by atoms with E-state index < -0.39 is 0 Å². The number of benzene rings is 1. The van der Waals surface area contributed by atoms with Gasteiger partial charge in [0.05, 0.1) is 23.0 Å². The van der Waals surface area contributed by atoms with E-state index in [0.717, 1.165) is 17.2 Å². The predicted octanol–water partition coefficient (Wildman–Crippen LogP) is 2.58. The summed E-state index contributed by atoms with van der Waals surface area (Å²) in [7, 11) is 0. The summed E-state index contributed by atoms with van der Waals surface area (Å²) in [6.45, 7) is 6.16. The summed E-state index contributed by atoms with van der Waals surface area (Å²) in [4.78, 5) is 4.46. The number of hydrogen-bond donors (Lipinski definition) is 1. The first-order valence-electron chi connectivity index (χ1n) is 5.11. The van der Waals surface area contributed by atoms with Crippen molar-refractivity contribution in [2.75, 3.05) is 5.43 Å². The molecule has 0 unspecified atom stereocenters. The number of hydrogen-bond acceptors (Lipinski definition) is 3. The molecular weight excluding hydrogens is 200 g/mol. The van der Waals surface area contributed by atoms with E-state index in [-0.39, 0.29) is 5.41 Å². The lowest BCUT2D eigenvalue weighted by atomic mass is 9.95. The molecule has 1 aliphatic rings. The van der Waals surface area contributed by atoms with E-state index in [4.69, 9.17) is 5.26 Å². The summed E-state index contributed by atoms with van der Waals surface area (Å²) < 4.78 is 0. The van der Waals surface area contributed by atoms with Gasteiger partial charge < -0.3 is 0 Å². The smallest absolute Gasteiger partial charge is 0.154 e. The lowest BCUT2D eigenvalue weighted by Crippen LogP contribution is -2.34. The van der Waals surface area contributed by atoms with Gasteiger partial charge in [0.15, 0.2) is 5.84 Å². The Balaban J connectivity index is 2.46. The Bertz CT molecular complexity index is 489. The van der Waals surface area contributed by atoms with E-state index in [2.05, 4.69) is 42.7 Å². The van der Waals surface area contributed by atoms with Gasteiger partial charge in [0.2, 0.25) is 0 Å². The highest BCUT2D eigenvalue weighted by Gasteiger charge is 2.24. The van der Waals surface area contributed by atoms with E-state index >= 15 is 0 Å². The number of anilines is 1. The Morgan fingerprint density at radius 1 is 1.31 bits per heavy atom. The maximum absolute atomic E-state index is 8.82. The fraction of sp³-hybridized carbons (Fsp3) is 0.333. The number of rotatable bonds is 0. The molecule has 0 amide bonds. The highest BCUT2D eigenvalue weighted by atomic mass is 15.4. The first-order valence-corrected chi connectivity index (χ1v) is 5.11. The fourth-order valence-electron chi connectivity index (χ4n) is 1.38. The van der Waals surface area contributed by atoms with Crippen molar-refractivity contribution in [3.05, 3.63) is 23.8 Å². The molecule has 1 aliphatic heterocycles. The number of nitrogens with one attached hydrogen (secondary N) is 1. The monoisotopic (exact) mass is 213 g/mol. The Kier molecular flexibility index (Phi) is 2.31. The predicted molar refractivity (Wildman–Crippen MR) is 63.5 cm³/mol. The number of aliphatic imine (C=N–C) groups is 1. The molecule has 0 saturated carbocycles. The highest BCUT2D eigenvalue weighted by molar-refractivity contribution is 5.94. The van der Waals surface area contributed by atoms with Crippen molar-refractivity contribution in [3.63, 3.8) is 0 Å². The molecule has 0 spiro atoms. The minimum Gasteiger partial charge on any atom is -0.275 e. The third-order valence-electron chi connectivity index (χ3n) is 2.31. The minimum atomic E-state index is -0.104. The van der Waals surface area contributed by atoms with Crippen LogP contribution in [0, 0.1) is 16.7 Å². The second-order valence-corrected chi connectivity index (χ2v) is 4.75.